The number of carbonyl (C=O) groups excluding carboxylic acids is 1. The molecule has 0 aliphatic carbocycles. The molecule has 0 aromatic heterocycles. The Bertz CT molecular complexity index is 721. The van der Waals surface area contributed by atoms with Gasteiger partial charge in [-0.3, -0.25) is 4.79 Å². The predicted octanol–water partition coefficient (Wildman–Crippen LogP) is 4.42. The Hall–Kier alpha value is -2.76. The zero-order chi connectivity index (χ0) is 18.8. The zero-order valence-corrected chi connectivity index (χ0v) is 15.1. The smallest absolute Gasteiger partial charge is 0.262 e. The number of para-hydroxylation sites is 1. The van der Waals surface area contributed by atoms with Crippen molar-refractivity contribution >= 4 is 11.6 Å². The summed E-state index contributed by atoms with van der Waals surface area (Å²) in [6.45, 7) is 4.89. The minimum absolute atomic E-state index is 0.0398. The van der Waals surface area contributed by atoms with E-state index < -0.39 is 11.7 Å². The number of amides is 1. The summed E-state index contributed by atoms with van der Waals surface area (Å²) in [6.07, 6.45) is 1.75. The average molecular weight is 361 g/mol. The molecule has 2 rings (SSSR count). The summed E-state index contributed by atoms with van der Waals surface area (Å²) >= 11 is 0. The second kappa shape index (κ2) is 10.3. The molecular formula is C20H24FNO4. The third-order valence-electron chi connectivity index (χ3n) is 3.35. The number of benzene rings is 2. The minimum Gasteiger partial charge on any atom is -0.490 e. The third kappa shape index (κ3) is 5.95. The molecule has 6 heteroatoms. The Morgan fingerprint density at radius 1 is 0.923 bits per heavy atom. The summed E-state index contributed by atoms with van der Waals surface area (Å²) in [5.41, 5.74) is 0.557. The van der Waals surface area contributed by atoms with Crippen molar-refractivity contribution in [1.82, 2.24) is 0 Å². The van der Waals surface area contributed by atoms with Crippen LogP contribution in [0.25, 0.3) is 0 Å². The van der Waals surface area contributed by atoms with Gasteiger partial charge in [-0.15, -0.1) is 0 Å². The summed E-state index contributed by atoms with van der Waals surface area (Å²) in [7, 11) is 0. The lowest BCUT2D eigenvalue weighted by molar-refractivity contribution is -0.118. The molecule has 26 heavy (non-hydrogen) atoms. The zero-order valence-electron chi connectivity index (χ0n) is 15.1. The van der Waals surface area contributed by atoms with E-state index in [0.717, 1.165) is 12.8 Å². The van der Waals surface area contributed by atoms with Gasteiger partial charge in [0, 0.05) is 11.8 Å². The molecule has 0 fully saturated rings. The SMILES string of the molecule is CCCOc1ccc(NC(=O)COc2ccccc2F)cc1OCCC. The van der Waals surface area contributed by atoms with Crippen molar-refractivity contribution in [3.05, 3.63) is 48.3 Å². The van der Waals surface area contributed by atoms with Crippen LogP contribution in [0.4, 0.5) is 10.1 Å². The lowest BCUT2D eigenvalue weighted by Crippen LogP contribution is -2.20. The summed E-state index contributed by atoms with van der Waals surface area (Å²) in [6, 6.07) is 11.1. The highest BCUT2D eigenvalue weighted by molar-refractivity contribution is 5.92. The maximum atomic E-state index is 13.5. The molecule has 2 aromatic rings. The van der Waals surface area contributed by atoms with Crippen molar-refractivity contribution in [3.63, 3.8) is 0 Å². The molecule has 0 unspecified atom stereocenters. The van der Waals surface area contributed by atoms with Crippen molar-refractivity contribution in [2.75, 3.05) is 25.1 Å². The van der Waals surface area contributed by atoms with Crippen LogP contribution >= 0.6 is 0 Å². The van der Waals surface area contributed by atoms with Crippen LogP contribution in [-0.4, -0.2) is 25.7 Å². The minimum atomic E-state index is -0.507. The van der Waals surface area contributed by atoms with Gasteiger partial charge in [-0.2, -0.15) is 0 Å². The van der Waals surface area contributed by atoms with Crippen LogP contribution in [0.2, 0.25) is 0 Å². The summed E-state index contributed by atoms with van der Waals surface area (Å²) in [5.74, 6) is 0.358. The van der Waals surface area contributed by atoms with E-state index in [1.807, 2.05) is 13.8 Å². The molecule has 0 bridgehead atoms. The standard InChI is InChI=1S/C20H24FNO4/c1-3-11-24-18-10-9-15(13-19(18)25-12-4-2)22-20(23)14-26-17-8-6-5-7-16(17)21/h5-10,13H,3-4,11-12,14H2,1-2H3,(H,22,23). The Morgan fingerprint density at radius 3 is 2.31 bits per heavy atom. The number of anilines is 1. The number of hydrogen-bond donors (Lipinski definition) is 1. The van der Waals surface area contributed by atoms with Gasteiger partial charge in [0.15, 0.2) is 29.7 Å². The Balaban J connectivity index is 1.98. The number of halogens is 1. The van der Waals surface area contributed by atoms with Crippen LogP contribution in [0.3, 0.4) is 0 Å². The largest absolute Gasteiger partial charge is 0.490 e. The van der Waals surface area contributed by atoms with Crippen LogP contribution in [0.5, 0.6) is 17.2 Å². The number of rotatable bonds is 10. The molecule has 1 N–H and O–H groups in total. The molecule has 0 atom stereocenters. The number of nitrogens with one attached hydrogen (secondary N) is 1. The first kappa shape index (κ1) is 19.6. The van der Waals surface area contributed by atoms with E-state index in [0.29, 0.717) is 30.4 Å². The fraction of sp³-hybridized carbons (Fsp3) is 0.350. The van der Waals surface area contributed by atoms with Gasteiger partial charge in [0.05, 0.1) is 13.2 Å². The molecule has 1 amide bonds. The Kier molecular flexibility index (Phi) is 7.74. The van der Waals surface area contributed by atoms with Crippen molar-refractivity contribution < 1.29 is 23.4 Å². The molecule has 0 spiro atoms. The topological polar surface area (TPSA) is 56.8 Å². The molecular weight excluding hydrogens is 337 g/mol. The van der Waals surface area contributed by atoms with Crippen LogP contribution < -0.4 is 19.5 Å². The Morgan fingerprint density at radius 2 is 1.62 bits per heavy atom. The maximum Gasteiger partial charge on any atom is 0.262 e. The highest BCUT2D eigenvalue weighted by Gasteiger charge is 2.10. The lowest BCUT2D eigenvalue weighted by atomic mass is 10.2. The van der Waals surface area contributed by atoms with E-state index in [1.54, 1.807) is 30.3 Å². The highest BCUT2D eigenvalue weighted by Crippen LogP contribution is 2.31. The molecule has 2 aromatic carbocycles. The van der Waals surface area contributed by atoms with Crippen LogP contribution in [0, 0.1) is 5.82 Å². The monoisotopic (exact) mass is 361 g/mol. The van der Waals surface area contributed by atoms with Gasteiger partial charge in [-0.05, 0) is 37.1 Å². The molecule has 0 saturated heterocycles. The van der Waals surface area contributed by atoms with Crippen LogP contribution in [-0.2, 0) is 4.79 Å². The normalized spacial score (nSPS) is 10.3. The van der Waals surface area contributed by atoms with E-state index in [9.17, 15) is 9.18 Å². The molecule has 0 saturated carbocycles. The average Bonchev–Trinajstić information content (AvgIpc) is 2.65. The van der Waals surface area contributed by atoms with Gasteiger partial charge >= 0.3 is 0 Å². The van der Waals surface area contributed by atoms with Crippen molar-refractivity contribution in [3.8, 4) is 17.2 Å². The van der Waals surface area contributed by atoms with Gasteiger partial charge in [-0.25, -0.2) is 4.39 Å². The van der Waals surface area contributed by atoms with Crippen molar-refractivity contribution in [2.24, 2.45) is 0 Å². The van der Waals surface area contributed by atoms with Gasteiger partial charge < -0.3 is 19.5 Å². The quantitative estimate of drug-likeness (QED) is 0.680. The van der Waals surface area contributed by atoms with Gasteiger partial charge in [0.2, 0.25) is 0 Å². The first-order valence-corrected chi connectivity index (χ1v) is 8.70. The van der Waals surface area contributed by atoms with Crippen LogP contribution in [0.15, 0.2) is 42.5 Å². The second-order valence-corrected chi connectivity index (χ2v) is 5.63. The Labute approximate surface area is 153 Å². The highest BCUT2D eigenvalue weighted by atomic mass is 19.1. The van der Waals surface area contributed by atoms with E-state index in [1.165, 1.54) is 12.1 Å². The number of carbonyl (C=O) groups is 1. The molecule has 0 aliphatic heterocycles. The second-order valence-electron chi connectivity index (χ2n) is 5.63. The van der Waals surface area contributed by atoms with Crippen molar-refractivity contribution in [1.29, 1.82) is 0 Å². The predicted molar refractivity (Wildman–Crippen MR) is 98.5 cm³/mol. The summed E-state index contributed by atoms with van der Waals surface area (Å²) < 4.78 is 30.0. The first-order chi connectivity index (χ1) is 12.6. The molecule has 0 aliphatic rings. The van der Waals surface area contributed by atoms with E-state index in [4.69, 9.17) is 14.2 Å². The number of ether oxygens (including phenoxy) is 3. The fourth-order valence-electron chi connectivity index (χ4n) is 2.14. The number of hydrogen-bond acceptors (Lipinski definition) is 4. The molecule has 0 radical (unpaired) electrons. The maximum absolute atomic E-state index is 13.5. The first-order valence-electron chi connectivity index (χ1n) is 8.70. The van der Waals surface area contributed by atoms with Gasteiger partial charge in [0.1, 0.15) is 0 Å². The fourth-order valence-corrected chi connectivity index (χ4v) is 2.14. The van der Waals surface area contributed by atoms with E-state index >= 15 is 0 Å². The van der Waals surface area contributed by atoms with Gasteiger partial charge in [-0.1, -0.05) is 26.0 Å². The summed E-state index contributed by atoms with van der Waals surface area (Å²) in [5, 5.41) is 2.71. The van der Waals surface area contributed by atoms with E-state index in [2.05, 4.69) is 5.32 Å². The van der Waals surface area contributed by atoms with Crippen molar-refractivity contribution in [2.45, 2.75) is 26.7 Å². The lowest BCUT2D eigenvalue weighted by Gasteiger charge is -2.14. The summed E-state index contributed by atoms with van der Waals surface area (Å²) in [4.78, 5) is 12.0. The molecule has 0 heterocycles. The van der Waals surface area contributed by atoms with Crippen LogP contribution in [0.1, 0.15) is 26.7 Å². The van der Waals surface area contributed by atoms with E-state index in [-0.39, 0.29) is 12.4 Å². The van der Waals surface area contributed by atoms with Gasteiger partial charge in [0.25, 0.3) is 5.91 Å². The molecule has 5 nitrogen and oxygen atoms in total. The third-order valence-corrected chi connectivity index (χ3v) is 3.35. The molecule has 140 valence electrons.